The van der Waals surface area contributed by atoms with Crippen molar-refractivity contribution in [1.82, 2.24) is 0 Å². The molecule has 28 heavy (non-hydrogen) atoms. The van der Waals surface area contributed by atoms with Gasteiger partial charge in [0.15, 0.2) is 6.61 Å². The third kappa shape index (κ3) is 5.00. The van der Waals surface area contributed by atoms with E-state index < -0.39 is 0 Å². The van der Waals surface area contributed by atoms with Crippen molar-refractivity contribution in [2.75, 3.05) is 11.9 Å². The van der Waals surface area contributed by atoms with Gasteiger partial charge in [-0.25, -0.2) is 4.79 Å². The summed E-state index contributed by atoms with van der Waals surface area (Å²) in [6, 6.07) is 14.6. The van der Waals surface area contributed by atoms with Gasteiger partial charge in [0.25, 0.3) is 5.91 Å². The lowest BCUT2D eigenvalue weighted by Crippen LogP contribution is -2.20. The molecule has 0 saturated carbocycles. The van der Waals surface area contributed by atoms with E-state index in [1.54, 1.807) is 12.1 Å². The highest BCUT2D eigenvalue weighted by atomic mass is 16.5. The first-order chi connectivity index (χ1) is 13.6. The van der Waals surface area contributed by atoms with Gasteiger partial charge in [-0.1, -0.05) is 32.4 Å². The highest BCUT2D eigenvalue weighted by Crippen LogP contribution is 2.23. The molecule has 0 fully saturated rings. The molecule has 0 bridgehead atoms. The summed E-state index contributed by atoms with van der Waals surface area (Å²) < 4.78 is 10.8. The van der Waals surface area contributed by atoms with Crippen LogP contribution in [0.15, 0.2) is 57.7 Å². The molecular weight excluding hydrogens is 354 g/mol. The highest BCUT2D eigenvalue weighted by Gasteiger charge is 2.08. The van der Waals surface area contributed by atoms with Gasteiger partial charge in [-0.3, -0.25) is 4.79 Å². The number of hydrogen-bond acceptors (Lipinski definition) is 4. The maximum atomic E-state index is 12.2. The molecule has 1 aromatic heterocycles. The van der Waals surface area contributed by atoms with Crippen molar-refractivity contribution in [3.63, 3.8) is 0 Å². The molecule has 1 heterocycles. The number of fused-ring (bicyclic) bond motifs is 1. The van der Waals surface area contributed by atoms with E-state index in [1.165, 1.54) is 11.6 Å². The quantitative estimate of drug-likeness (QED) is 0.575. The van der Waals surface area contributed by atoms with Crippen LogP contribution >= 0.6 is 0 Å². The number of nitrogens with one attached hydrogen (secondary N) is 1. The third-order valence-electron chi connectivity index (χ3n) is 4.61. The largest absolute Gasteiger partial charge is 0.484 e. The lowest BCUT2D eigenvalue weighted by Gasteiger charge is -2.09. The SMILES string of the molecule is CCCCc1ccc(NC(=O)COc2ccc3c(CC)cc(=O)oc3c2)cc1. The molecule has 0 aliphatic rings. The summed E-state index contributed by atoms with van der Waals surface area (Å²) in [6.07, 6.45) is 4.10. The first kappa shape index (κ1) is 19.7. The minimum absolute atomic E-state index is 0.124. The molecule has 1 amide bonds. The van der Waals surface area contributed by atoms with Gasteiger partial charge in [-0.05, 0) is 54.7 Å². The van der Waals surface area contributed by atoms with Crippen molar-refractivity contribution in [2.45, 2.75) is 39.5 Å². The molecule has 146 valence electrons. The van der Waals surface area contributed by atoms with Gasteiger partial charge in [0.1, 0.15) is 11.3 Å². The van der Waals surface area contributed by atoms with Gasteiger partial charge >= 0.3 is 5.63 Å². The average Bonchev–Trinajstić information content (AvgIpc) is 2.70. The van der Waals surface area contributed by atoms with E-state index in [4.69, 9.17) is 9.15 Å². The molecule has 5 nitrogen and oxygen atoms in total. The van der Waals surface area contributed by atoms with Gasteiger partial charge < -0.3 is 14.5 Å². The Kier molecular flexibility index (Phi) is 6.48. The third-order valence-corrected chi connectivity index (χ3v) is 4.61. The van der Waals surface area contributed by atoms with Crippen LogP contribution in [0.25, 0.3) is 11.0 Å². The van der Waals surface area contributed by atoms with E-state index in [1.807, 2.05) is 37.3 Å². The summed E-state index contributed by atoms with van der Waals surface area (Å²) in [6.45, 7) is 4.03. The van der Waals surface area contributed by atoms with Crippen LogP contribution in [0.2, 0.25) is 0 Å². The number of ether oxygens (including phenoxy) is 1. The standard InChI is InChI=1S/C23H25NO4/c1-3-5-6-16-7-9-18(10-8-16)24-22(25)15-27-19-11-12-20-17(4-2)13-23(26)28-21(20)14-19/h7-14H,3-6,15H2,1-2H3,(H,24,25). The number of carbonyl (C=O) groups excluding carboxylic acids is 1. The Morgan fingerprint density at radius 1 is 1.07 bits per heavy atom. The Bertz CT molecular complexity index is 1010. The zero-order valence-electron chi connectivity index (χ0n) is 16.3. The topological polar surface area (TPSA) is 68.5 Å². The van der Waals surface area contributed by atoms with Crippen LogP contribution in [0.4, 0.5) is 5.69 Å². The van der Waals surface area contributed by atoms with E-state index in [9.17, 15) is 9.59 Å². The maximum Gasteiger partial charge on any atom is 0.336 e. The fourth-order valence-electron chi connectivity index (χ4n) is 3.07. The van der Waals surface area contributed by atoms with Crippen LogP contribution in [-0.2, 0) is 17.6 Å². The van der Waals surface area contributed by atoms with Gasteiger partial charge in [0.05, 0.1) is 0 Å². The zero-order chi connectivity index (χ0) is 19.9. The normalized spacial score (nSPS) is 10.8. The molecule has 1 N–H and O–H groups in total. The molecule has 3 rings (SSSR count). The number of rotatable bonds is 8. The Morgan fingerprint density at radius 3 is 2.57 bits per heavy atom. The summed E-state index contributed by atoms with van der Waals surface area (Å²) >= 11 is 0. The second-order valence-electron chi connectivity index (χ2n) is 6.74. The number of benzene rings is 2. The molecule has 0 radical (unpaired) electrons. The predicted octanol–water partition coefficient (Wildman–Crippen LogP) is 4.72. The molecule has 0 unspecified atom stereocenters. The van der Waals surface area contributed by atoms with Gasteiger partial charge in [-0.15, -0.1) is 0 Å². The molecule has 5 heteroatoms. The number of carbonyl (C=O) groups is 1. The second-order valence-corrected chi connectivity index (χ2v) is 6.74. The maximum absolute atomic E-state index is 12.2. The van der Waals surface area contributed by atoms with Crippen LogP contribution in [0.3, 0.4) is 0 Å². The summed E-state index contributed by atoms with van der Waals surface area (Å²) in [5, 5.41) is 3.70. The van der Waals surface area contributed by atoms with Crippen LogP contribution in [-0.4, -0.2) is 12.5 Å². The lowest BCUT2D eigenvalue weighted by molar-refractivity contribution is -0.118. The fraction of sp³-hybridized carbons (Fsp3) is 0.304. The average molecular weight is 379 g/mol. The van der Waals surface area contributed by atoms with Crippen molar-refractivity contribution in [1.29, 1.82) is 0 Å². The van der Waals surface area contributed by atoms with Crippen molar-refractivity contribution in [3.8, 4) is 5.75 Å². The molecular formula is C23H25NO4. The minimum atomic E-state index is -0.387. The Labute approximate surface area is 164 Å². The highest BCUT2D eigenvalue weighted by molar-refractivity contribution is 5.92. The van der Waals surface area contributed by atoms with Crippen molar-refractivity contribution >= 4 is 22.6 Å². The number of anilines is 1. The lowest BCUT2D eigenvalue weighted by atomic mass is 10.1. The Hall–Kier alpha value is -3.08. The summed E-state index contributed by atoms with van der Waals surface area (Å²) in [7, 11) is 0. The molecule has 0 saturated heterocycles. The van der Waals surface area contributed by atoms with Gasteiger partial charge in [-0.2, -0.15) is 0 Å². The molecule has 0 atom stereocenters. The Balaban J connectivity index is 1.60. The van der Waals surface area contributed by atoms with E-state index in [0.717, 1.165) is 42.3 Å². The molecule has 0 aliphatic heterocycles. The monoisotopic (exact) mass is 379 g/mol. The first-order valence-electron chi connectivity index (χ1n) is 9.67. The van der Waals surface area contributed by atoms with Gasteiger partial charge in [0.2, 0.25) is 0 Å². The van der Waals surface area contributed by atoms with Gasteiger partial charge in [0, 0.05) is 23.2 Å². The molecule has 3 aromatic rings. The summed E-state index contributed by atoms with van der Waals surface area (Å²) in [5.74, 6) is 0.235. The summed E-state index contributed by atoms with van der Waals surface area (Å²) in [5.41, 5.74) is 3.01. The van der Waals surface area contributed by atoms with Crippen LogP contribution in [0.5, 0.6) is 5.75 Å². The van der Waals surface area contributed by atoms with E-state index in [0.29, 0.717) is 11.3 Å². The van der Waals surface area contributed by atoms with Crippen LogP contribution < -0.4 is 15.7 Å². The van der Waals surface area contributed by atoms with E-state index >= 15 is 0 Å². The zero-order valence-corrected chi connectivity index (χ0v) is 16.3. The second kappa shape index (κ2) is 9.22. The number of hydrogen-bond donors (Lipinski definition) is 1. The van der Waals surface area contributed by atoms with Crippen LogP contribution in [0, 0.1) is 0 Å². The van der Waals surface area contributed by atoms with Crippen molar-refractivity contribution in [3.05, 3.63) is 70.1 Å². The van der Waals surface area contributed by atoms with Crippen LogP contribution in [0.1, 0.15) is 37.8 Å². The van der Waals surface area contributed by atoms with E-state index in [2.05, 4.69) is 12.2 Å². The number of unbranched alkanes of at least 4 members (excludes halogenated alkanes) is 1. The number of amides is 1. The first-order valence-corrected chi connectivity index (χ1v) is 9.67. The molecule has 2 aromatic carbocycles. The van der Waals surface area contributed by atoms with E-state index in [-0.39, 0.29) is 18.1 Å². The van der Waals surface area contributed by atoms with Crippen molar-refractivity contribution in [2.24, 2.45) is 0 Å². The minimum Gasteiger partial charge on any atom is -0.484 e. The Morgan fingerprint density at radius 2 is 1.86 bits per heavy atom. The smallest absolute Gasteiger partial charge is 0.336 e. The summed E-state index contributed by atoms with van der Waals surface area (Å²) in [4.78, 5) is 23.8. The molecule has 0 spiro atoms. The molecule has 0 aliphatic carbocycles. The van der Waals surface area contributed by atoms with Crippen molar-refractivity contribution < 1.29 is 13.9 Å². The number of aryl methyl sites for hydroxylation is 2. The fourth-order valence-corrected chi connectivity index (χ4v) is 3.07. The predicted molar refractivity (Wildman–Crippen MR) is 111 cm³/mol.